The molecule has 0 aliphatic heterocycles. The van der Waals surface area contributed by atoms with Gasteiger partial charge in [0.1, 0.15) is 5.01 Å². The van der Waals surface area contributed by atoms with Gasteiger partial charge in [0.05, 0.1) is 18.2 Å². The van der Waals surface area contributed by atoms with Crippen LogP contribution in [0, 0.1) is 0 Å². The van der Waals surface area contributed by atoms with Crippen LogP contribution in [0.3, 0.4) is 0 Å². The van der Waals surface area contributed by atoms with E-state index in [0.29, 0.717) is 17.1 Å². The van der Waals surface area contributed by atoms with Crippen molar-refractivity contribution in [2.45, 2.75) is 32.2 Å². The summed E-state index contributed by atoms with van der Waals surface area (Å²) < 4.78 is 23.9. The number of halogens is 1. The molecule has 0 bridgehead atoms. The number of aromatic nitrogens is 1. The van der Waals surface area contributed by atoms with E-state index >= 15 is 0 Å². The molecule has 3 rings (SSSR count). The maximum atomic E-state index is 12.7. The zero-order valence-electron chi connectivity index (χ0n) is 16.3. The third kappa shape index (κ3) is 6.37. The Bertz CT molecular complexity index is 1020. The van der Waals surface area contributed by atoms with E-state index in [4.69, 9.17) is 11.6 Å². The Labute approximate surface area is 187 Å². The fraction of sp³-hybridized carbons (Fsp3) is 0.238. The van der Waals surface area contributed by atoms with Gasteiger partial charge in [-0.15, -0.1) is 11.3 Å². The summed E-state index contributed by atoms with van der Waals surface area (Å²) in [6.45, 7) is 2.04. The molecule has 0 saturated heterocycles. The van der Waals surface area contributed by atoms with Crippen molar-refractivity contribution in [3.63, 3.8) is 0 Å². The molecule has 3 aromatic rings. The maximum absolute atomic E-state index is 12.7. The van der Waals surface area contributed by atoms with Crippen molar-refractivity contribution in [3.8, 4) is 0 Å². The Morgan fingerprint density at radius 3 is 2.60 bits per heavy atom. The predicted molar refractivity (Wildman–Crippen MR) is 120 cm³/mol. The number of carbonyl (C=O) groups excluding carboxylic acids is 1. The van der Waals surface area contributed by atoms with Crippen molar-refractivity contribution >= 4 is 45.8 Å². The number of rotatable bonds is 9. The summed E-state index contributed by atoms with van der Waals surface area (Å²) in [5.74, 6) is -0.138. The monoisotopic (exact) mass is 462 g/mol. The number of nitrogens with zero attached hydrogens (tertiary/aromatic N) is 1. The van der Waals surface area contributed by atoms with E-state index in [1.54, 1.807) is 18.2 Å². The summed E-state index contributed by atoms with van der Waals surface area (Å²) in [5.41, 5.74) is 3.19. The molecule has 2 atom stereocenters. The second-order valence-electron chi connectivity index (χ2n) is 6.66. The number of amides is 1. The molecule has 0 spiro atoms. The molecule has 9 heteroatoms. The maximum Gasteiger partial charge on any atom is 0.225 e. The number of thiazole rings is 1. The van der Waals surface area contributed by atoms with Crippen molar-refractivity contribution in [3.05, 3.63) is 80.8 Å². The molecule has 2 N–H and O–H groups in total. The molecule has 1 amide bonds. The number of aryl methyl sites for hydroxylation is 1. The minimum Gasteiger partial charge on any atom is -0.755 e. The molecule has 0 fully saturated rings. The van der Waals surface area contributed by atoms with E-state index < -0.39 is 11.3 Å². The first-order valence-electron chi connectivity index (χ1n) is 9.36. The highest BCUT2D eigenvalue weighted by Crippen LogP contribution is 2.24. The second-order valence-corrected chi connectivity index (χ2v) is 8.63. The van der Waals surface area contributed by atoms with Crippen molar-refractivity contribution in [1.82, 2.24) is 10.3 Å². The molecule has 1 heterocycles. The molecule has 2 aromatic carbocycles. The average molecular weight is 463 g/mol. The predicted octanol–water partition coefficient (Wildman–Crippen LogP) is 4.21. The van der Waals surface area contributed by atoms with Gasteiger partial charge in [-0.3, -0.25) is 9.00 Å². The fourth-order valence-corrected chi connectivity index (χ4v) is 4.43. The number of benzene rings is 2. The number of anilines is 1. The molecule has 0 aliphatic carbocycles. The van der Waals surface area contributed by atoms with Gasteiger partial charge in [-0.05, 0) is 42.2 Å². The minimum absolute atomic E-state index is 0.138. The molecular weight excluding hydrogens is 442 g/mol. The highest BCUT2D eigenvalue weighted by Gasteiger charge is 2.19. The second kappa shape index (κ2) is 10.7. The SMILES string of the molecule is CCc1csc([C@H](Cc2ccc(NS(=O)[O-])cc2)NC(=O)Cc2ccccc2Cl)n1. The summed E-state index contributed by atoms with van der Waals surface area (Å²) in [6, 6.07) is 14.0. The van der Waals surface area contributed by atoms with Crippen molar-refractivity contribution < 1.29 is 13.6 Å². The van der Waals surface area contributed by atoms with Gasteiger partial charge in [0.15, 0.2) is 0 Å². The van der Waals surface area contributed by atoms with Gasteiger partial charge in [-0.2, -0.15) is 0 Å². The molecule has 0 aliphatic rings. The summed E-state index contributed by atoms with van der Waals surface area (Å²) in [6.07, 6.45) is 1.54. The lowest BCUT2D eigenvalue weighted by Crippen LogP contribution is -2.31. The molecule has 6 nitrogen and oxygen atoms in total. The van der Waals surface area contributed by atoms with Gasteiger partial charge in [0.25, 0.3) is 0 Å². The van der Waals surface area contributed by atoms with E-state index in [2.05, 4.69) is 15.0 Å². The molecular formula is C21H21ClN3O3S2-. The van der Waals surface area contributed by atoms with Crippen LogP contribution in [0.1, 0.15) is 34.8 Å². The molecule has 30 heavy (non-hydrogen) atoms. The van der Waals surface area contributed by atoms with E-state index in [1.807, 2.05) is 42.6 Å². The van der Waals surface area contributed by atoms with Gasteiger partial charge in [-0.25, -0.2) is 4.98 Å². The Morgan fingerprint density at radius 2 is 1.97 bits per heavy atom. The summed E-state index contributed by atoms with van der Waals surface area (Å²) in [4.78, 5) is 17.4. The molecule has 1 aromatic heterocycles. The summed E-state index contributed by atoms with van der Waals surface area (Å²) in [7, 11) is 0. The first-order chi connectivity index (χ1) is 14.4. The normalized spacial score (nSPS) is 12.9. The van der Waals surface area contributed by atoms with Crippen LogP contribution in [-0.4, -0.2) is 19.7 Å². The number of hydrogen-bond acceptors (Lipinski definition) is 5. The third-order valence-electron chi connectivity index (χ3n) is 4.47. The van der Waals surface area contributed by atoms with E-state index in [0.717, 1.165) is 28.2 Å². The summed E-state index contributed by atoms with van der Waals surface area (Å²) >= 11 is 5.34. The van der Waals surface area contributed by atoms with Gasteiger partial charge in [0, 0.05) is 27.4 Å². The number of carbonyl (C=O) groups is 1. The van der Waals surface area contributed by atoms with Crippen LogP contribution < -0.4 is 10.0 Å². The van der Waals surface area contributed by atoms with Crippen LogP contribution in [0.4, 0.5) is 5.69 Å². The first-order valence-corrected chi connectivity index (χ1v) is 11.7. The van der Waals surface area contributed by atoms with Crippen molar-refractivity contribution in [2.75, 3.05) is 4.72 Å². The lowest BCUT2D eigenvalue weighted by molar-refractivity contribution is -0.121. The zero-order valence-corrected chi connectivity index (χ0v) is 18.7. The molecule has 1 unspecified atom stereocenters. The standard InChI is InChI=1S/C21H22ClN3O3S2/c1-2-16-13-29-21(23-16)19(11-14-7-9-17(10-8-14)25-30(27)28)24-20(26)12-15-5-3-4-6-18(15)22/h3-10,13,19,25H,2,11-12H2,1H3,(H,24,26)(H,27,28)/p-1/t19-/m0/s1. The van der Waals surface area contributed by atoms with E-state index in [-0.39, 0.29) is 18.4 Å². The van der Waals surface area contributed by atoms with Crippen molar-refractivity contribution in [2.24, 2.45) is 0 Å². The molecule has 0 saturated carbocycles. The highest BCUT2D eigenvalue weighted by molar-refractivity contribution is 7.80. The number of hydrogen-bond donors (Lipinski definition) is 2. The van der Waals surface area contributed by atoms with Crippen LogP contribution >= 0.6 is 22.9 Å². The van der Waals surface area contributed by atoms with Gasteiger partial charge in [0.2, 0.25) is 5.91 Å². The third-order valence-corrected chi connectivity index (χ3v) is 6.25. The smallest absolute Gasteiger partial charge is 0.225 e. The Hall–Kier alpha value is -2.26. The van der Waals surface area contributed by atoms with Crippen LogP contribution in [0.5, 0.6) is 0 Å². The Morgan fingerprint density at radius 1 is 1.23 bits per heavy atom. The molecule has 0 radical (unpaired) electrons. The highest BCUT2D eigenvalue weighted by atomic mass is 35.5. The lowest BCUT2D eigenvalue weighted by atomic mass is 10.0. The van der Waals surface area contributed by atoms with Crippen LogP contribution in [-0.2, 0) is 35.3 Å². The van der Waals surface area contributed by atoms with Crippen LogP contribution in [0.2, 0.25) is 5.02 Å². The average Bonchev–Trinajstić information content (AvgIpc) is 3.19. The largest absolute Gasteiger partial charge is 0.755 e. The van der Waals surface area contributed by atoms with Gasteiger partial charge in [-0.1, -0.05) is 48.9 Å². The van der Waals surface area contributed by atoms with Crippen LogP contribution in [0.25, 0.3) is 0 Å². The van der Waals surface area contributed by atoms with Gasteiger partial charge < -0.3 is 14.6 Å². The van der Waals surface area contributed by atoms with E-state index in [1.165, 1.54) is 11.3 Å². The zero-order chi connectivity index (χ0) is 21.5. The molecule has 158 valence electrons. The Balaban J connectivity index is 1.75. The topological polar surface area (TPSA) is 94.1 Å². The quantitative estimate of drug-likeness (QED) is 0.466. The first kappa shape index (κ1) is 22.4. The lowest BCUT2D eigenvalue weighted by Gasteiger charge is -2.18. The van der Waals surface area contributed by atoms with Crippen molar-refractivity contribution in [1.29, 1.82) is 0 Å². The fourth-order valence-electron chi connectivity index (χ4n) is 2.95. The van der Waals surface area contributed by atoms with E-state index in [9.17, 15) is 13.6 Å². The Kier molecular flexibility index (Phi) is 7.98. The summed E-state index contributed by atoms with van der Waals surface area (Å²) in [5, 5.41) is 6.47. The number of nitrogens with one attached hydrogen (secondary N) is 2. The van der Waals surface area contributed by atoms with Gasteiger partial charge >= 0.3 is 0 Å². The van der Waals surface area contributed by atoms with Crippen LogP contribution in [0.15, 0.2) is 53.9 Å². The minimum atomic E-state index is -2.37.